The lowest BCUT2D eigenvalue weighted by molar-refractivity contribution is 0.634. The molecular formula is C9H12N4. The molecular weight excluding hydrogens is 164 g/mol. The zero-order chi connectivity index (χ0) is 9.42. The van der Waals surface area contributed by atoms with Gasteiger partial charge in [-0.15, -0.1) is 0 Å². The third kappa shape index (κ3) is 1.35. The van der Waals surface area contributed by atoms with Crippen molar-refractivity contribution in [2.45, 2.75) is 13.8 Å². The first kappa shape index (κ1) is 8.04. The van der Waals surface area contributed by atoms with Gasteiger partial charge in [-0.05, 0) is 13.8 Å². The van der Waals surface area contributed by atoms with Gasteiger partial charge in [0.15, 0.2) is 0 Å². The van der Waals surface area contributed by atoms with Crippen molar-refractivity contribution in [1.82, 2.24) is 4.90 Å². The topological polar surface area (TPSA) is 54.0 Å². The Kier molecular flexibility index (Phi) is 1.69. The van der Waals surface area contributed by atoms with Crippen molar-refractivity contribution in [1.29, 1.82) is 0 Å². The van der Waals surface area contributed by atoms with Gasteiger partial charge in [-0.1, -0.05) is 0 Å². The molecule has 0 bridgehead atoms. The minimum absolute atomic E-state index is 0.692. The van der Waals surface area contributed by atoms with Gasteiger partial charge in [0, 0.05) is 23.7 Å². The quantitative estimate of drug-likeness (QED) is 0.594. The van der Waals surface area contributed by atoms with Gasteiger partial charge in [0.25, 0.3) is 0 Å². The molecule has 0 aromatic rings. The molecule has 2 aliphatic heterocycles. The van der Waals surface area contributed by atoms with E-state index in [4.69, 9.17) is 5.73 Å². The highest BCUT2D eigenvalue weighted by Crippen LogP contribution is 2.14. The van der Waals surface area contributed by atoms with Gasteiger partial charge in [0.2, 0.25) is 0 Å². The summed E-state index contributed by atoms with van der Waals surface area (Å²) in [7, 11) is 0. The number of fused-ring (bicyclic) bond motifs is 1. The van der Waals surface area contributed by atoms with E-state index >= 15 is 0 Å². The summed E-state index contributed by atoms with van der Waals surface area (Å²) in [6.45, 7) is 4.62. The summed E-state index contributed by atoms with van der Waals surface area (Å²) in [6, 6.07) is 0. The molecule has 0 spiro atoms. The Balaban J connectivity index is 2.41. The van der Waals surface area contributed by atoms with Crippen LogP contribution in [0.2, 0.25) is 0 Å². The number of nitrogens with two attached hydrogens (primary N) is 1. The Morgan fingerprint density at radius 1 is 1.46 bits per heavy atom. The van der Waals surface area contributed by atoms with E-state index in [1.807, 2.05) is 24.8 Å². The van der Waals surface area contributed by atoms with Crippen molar-refractivity contribution in [3.05, 3.63) is 23.7 Å². The lowest BCUT2D eigenvalue weighted by atomic mass is 10.2. The van der Waals surface area contributed by atoms with Crippen LogP contribution in [0.1, 0.15) is 13.8 Å². The van der Waals surface area contributed by atoms with Gasteiger partial charge in [-0.2, -0.15) is 0 Å². The van der Waals surface area contributed by atoms with E-state index in [0.717, 1.165) is 23.1 Å². The maximum absolute atomic E-state index is 5.68. The van der Waals surface area contributed by atoms with Crippen molar-refractivity contribution in [3.63, 3.8) is 0 Å². The summed E-state index contributed by atoms with van der Waals surface area (Å²) >= 11 is 0. The molecule has 0 aromatic carbocycles. The number of hydrogen-bond donors (Lipinski definition) is 1. The van der Waals surface area contributed by atoms with Crippen LogP contribution in [-0.2, 0) is 0 Å². The van der Waals surface area contributed by atoms with Crippen molar-refractivity contribution in [3.8, 4) is 0 Å². The first-order chi connectivity index (χ1) is 6.16. The molecule has 13 heavy (non-hydrogen) atoms. The molecule has 4 heteroatoms. The maximum atomic E-state index is 5.68. The highest BCUT2D eigenvalue weighted by atomic mass is 15.3. The first-order valence-corrected chi connectivity index (χ1v) is 4.20. The molecule has 68 valence electrons. The lowest BCUT2D eigenvalue weighted by Gasteiger charge is -2.29. The third-order valence-corrected chi connectivity index (χ3v) is 2.05. The fourth-order valence-corrected chi connectivity index (χ4v) is 1.45. The Bertz CT molecular complexity index is 360. The predicted molar refractivity (Wildman–Crippen MR) is 53.3 cm³/mol. The van der Waals surface area contributed by atoms with E-state index in [1.54, 1.807) is 6.20 Å². The Hall–Kier alpha value is -1.58. The van der Waals surface area contributed by atoms with E-state index in [9.17, 15) is 0 Å². The summed E-state index contributed by atoms with van der Waals surface area (Å²) in [6.07, 6.45) is 3.66. The molecule has 0 saturated heterocycles. The summed E-state index contributed by atoms with van der Waals surface area (Å²) in [4.78, 5) is 10.6. The minimum atomic E-state index is 0.692. The molecule has 2 rings (SSSR count). The highest BCUT2D eigenvalue weighted by Gasteiger charge is 2.19. The first-order valence-electron chi connectivity index (χ1n) is 4.20. The predicted octanol–water partition coefficient (Wildman–Crippen LogP) is 0.836. The molecule has 0 aliphatic carbocycles. The number of hydrogen-bond acceptors (Lipinski definition) is 4. The zero-order valence-electron chi connectivity index (χ0n) is 7.78. The average molecular weight is 176 g/mol. The summed E-state index contributed by atoms with van der Waals surface area (Å²) in [5.41, 5.74) is 7.43. The van der Waals surface area contributed by atoms with E-state index in [2.05, 4.69) is 9.98 Å². The molecule has 2 aliphatic rings. The second kappa shape index (κ2) is 2.73. The fraction of sp³-hybridized carbons (Fsp3) is 0.333. The van der Waals surface area contributed by atoms with Crippen molar-refractivity contribution < 1.29 is 0 Å². The van der Waals surface area contributed by atoms with Gasteiger partial charge in [0.05, 0.1) is 6.54 Å². The number of allylic oxidation sites excluding steroid dienone is 1. The molecule has 2 heterocycles. The van der Waals surface area contributed by atoms with Crippen molar-refractivity contribution in [2.75, 3.05) is 6.54 Å². The SMILES string of the molecule is CC1=CC2=NC=C(N)CN2C(C)=N1. The van der Waals surface area contributed by atoms with Crippen LogP contribution in [0.25, 0.3) is 0 Å². The van der Waals surface area contributed by atoms with Crippen molar-refractivity contribution in [2.24, 2.45) is 15.7 Å². The Labute approximate surface area is 77.2 Å². The van der Waals surface area contributed by atoms with Gasteiger partial charge < -0.3 is 10.6 Å². The zero-order valence-corrected chi connectivity index (χ0v) is 7.78. The molecule has 0 atom stereocenters. The molecule has 0 aromatic heterocycles. The summed E-state index contributed by atoms with van der Waals surface area (Å²) in [5, 5.41) is 0. The van der Waals surface area contributed by atoms with E-state index in [0.29, 0.717) is 6.54 Å². The van der Waals surface area contributed by atoms with Crippen LogP contribution in [0.5, 0.6) is 0 Å². The maximum Gasteiger partial charge on any atom is 0.136 e. The smallest absolute Gasteiger partial charge is 0.136 e. The fourth-order valence-electron chi connectivity index (χ4n) is 1.45. The minimum Gasteiger partial charge on any atom is -0.399 e. The molecule has 2 N–H and O–H groups in total. The van der Waals surface area contributed by atoms with Crippen molar-refractivity contribution >= 4 is 11.7 Å². The third-order valence-electron chi connectivity index (χ3n) is 2.05. The Morgan fingerprint density at radius 2 is 2.23 bits per heavy atom. The number of amidine groups is 2. The highest BCUT2D eigenvalue weighted by molar-refractivity contribution is 6.08. The second-order valence-corrected chi connectivity index (χ2v) is 3.22. The normalized spacial score (nSPS) is 21.2. The van der Waals surface area contributed by atoms with Crippen LogP contribution < -0.4 is 5.73 Å². The van der Waals surface area contributed by atoms with Gasteiger partial charge in [-0.3, -0.25) is 0 Å². The van der Waals surface area contributed by atoms with Crippen LogP contribution in [0.15, 0.2) is 33.7 Å². The molecule has 0 unspecified atom stereocenters. The molecule has 0 fully saturated rings. The largest absolute Gasteiger partial charge is 0.399 e. The number of nitrogens with zero attached hydrogens (tertiary/aromatic N) is 3. The van der Waals surface area contributed by atoms with Crippen LogP contribution in [0, 0.1) is 0 Å². The second-order valence-electron chi connectivity index (χ2n) is 3.22. The van der Waals surface area contributed by atoms with E-state index < -0.39 is 0 Å². The lowest BCUT2D eigenvalue weighted by Crippen LogP contribution is -2.40. The van der Waals surface area contributed by atoms with Gasteiger partial charge >= 0.3 is 0 Å². The van der Waals surface area contributed by atoms with Crippen LogP contribution in [0.4, 0.5) is 0 Å². The molecule has 0 radical (unpaired) electrons. The van der Waals surface area contributed by atoms with Gasteiger partial charge in [0.1, 0.15) is 11.7 Å². The molecule has 0 saturated carbocycles. The van der Waals surface area contributed by atoms with Gasteiger partial charge in [-0.25, -0.2) is 9.98 Å². The van der Waals surface area contributed by atoms with E-state index in [-0.39, 0.29) is 0 Å². The molecule has 4 nitrogen and oxygen atoms in total. The summed E-state index contributed by atoms with van der Waals surface area (Å²) in [5.74, 6) is 1.88. The number of aliphatic imine (C=N–C) groups is 2. The molecule has 0 amide bonds. The Morgan fingerprint density at radius 3 is 3.00 bits per heavy atom. The average Bonchev–Trinajstić information content (AvgIpc) is 2.06. The van der Waals surface area contributed by atoms with E-state index in [1.165, 1.54) is 0 Å². The van der Waals surface area contributed by atoms with Crippen LogP contribution in [0.3, 0.4) is 0 Å². The van der Waals surface area contributed by atoms with Crippen LogP contribution in [-0.4, -0.2) is 23.1 Å². The van der Waals surface area contributed by atoms with Crippen LogP contribution >= 0.6 is 0 Å². The summed E-state index contributed by atoms with van der Waals surface area (Å²) < 4.78 is 0. The number of rotatable bonds is 0. The monoisotopic (exact) mass is 176 g/mol. The standard InChI is InChI=1S/C9H12N4/c1-6-3-9-11-4-8(10)5-13(9)7(2)12-6/h3-4H,5,10H2,1-2H3.